The number of nitrogens with one attached hydrogen (secondary N) is 1. The monoisotopic (exact) mass is 222 g/mol. The van der Waals surface area contributed by atoms with Gasteiger partial charge in [-0.3, -0.25) is 9.36 Å². The normalized spacial score (nSPS) is 10.6. The summed E-state index contributed by atoms with van der Waals surface area (Å²) in [7, 11) is 0. The van der Waals surface area contributed by atoms with Crippen molar-refractivity contribution >= 4 is 17.2 Å². The molecule has 1 aromatic carbocycles. The lowest BCUT2D eigenvalue weighted by Gasteiger charge is -2.02. The van der Waals surface area contributed by atoms with Gasteiger partial charge in [0.05, 0.1) is 17.4 Å². The molecule has 5 nitrogen and oxygen atoms in total. The minimum Gasteiger partial charge on any atom is -0.307 e. The van der Waals surface area contributed by atoms with E-state index in [1.165, 1.54) is 12.1 Å². The fraction of sp³-hybridized carbons (Fsp3) is 0.100. The molecule has 0 aliphatic carbocycles. The Bertz CT molecular complexity index is 672. The maximum atomic E-state index is 13.4. The van der Waals surface area contributed by atoms with Crippen LogP contribution in [0.4, 0.5) is 4.39 Å². The van der Waals surface area contributed by atoms with Gasteiger partial charge in [0.2, 0.25) is 0 Å². The van der Waals surface area contributed by atoms with E-state index in [-0.39, 0.29) is 10.9 Å². The van der Waals surface area contributed by atoms with Gasteiger partial charge in [-0.25, -0.2) is 9.18 Å². The molecule has 0 saturated carbocycles. The van der Waals surface area contributed by atoms with Gasteiger partial charge in [0.25, 0.3) is 5.56 Å². The van der Waals surface area contributed by atoms with Gasteiger partial charge in [-0.2, -0.15) is 0 Å². The summed E-state index contributed by atoms with van der Waals surface area (Å²) in [6.45, 7) is -0.390. The van der Waals surface area contributed by atoms with E-state index in [1.807, 2.05) is 0 Å². The molecule has 0 saturated heterocycles. The topological polar surface area (TPSA) is 71.9 Å². The Morgan fingerprint density at radius 3 is 2.81 bits per heavy atom. The van der Waals surface area contributed by atoms with Crippen LogP contribution >= 0.6 is 0 Å². The molecule has 0 spiro atoms. The minimum absolute atomic E-state index is 0.122. The highest BCUT2D eigenvalue weighted by Crippen LogP contribution is 2.08. The number of hydrogen-bond donors (Lipinski definition) is 1. The predicted octanol–water partition coefficient (Wildman–Crippen LogP) is 0.0278. The molecule has 0 amide bonds. The molecule has 2 aromatic rings. The largest absolute Gasteiger partial charge is 0.329 e. The fourth-order valence-electron chi connectivity index (χ4n) is 1.50. The van der Waals surface area contributed by atoms with Gasteiger partial charge in [0.15, 0.2) is 0 Å². The van der Waals surface area contributed by atoms with E-state index in [9.17, 15) is 18.8 Å². The van der Waals surface area contributed by atoms with E-state index < -0.39 is 23.6 Å². The van der Waals surface area contributed by atoms with Crippen molar-refractivity contribution in [1.29, 1.82) is 0 Å². The summed E-state index contributed by atoms with van der Waals surface area (Å²) in [5, 5.41) is -0.219. The third kappa shape index (κ3) is 1.44. The predicted molar refractivity (Wildman–Crippen MR) is 54.9 cm³/mol. The molecule has 0 fully saturated rings. The summed E-state index contributed by atoms with van der Waals surface area (Å²) in [5.41, 5.74) is -1.41. The van der Waals surface area contributed by atoms with Crippen LogP contribution in [0.1, 0.15) is 0 Å². The van der Waals surface area contributed by atoms with Crippen LogP contribution in [0.3, 0.4) is 0 Å². The molecule has 0 bridgehead atoms. The van der Waals surface area contributed by atoms with Crippen LogP contribution in [-0.2, 0) is 11.3 Å². The van der Waals surface area contributed by atoms with Crippen molar-refractivity contribution < 1.29 is 9.18 Å². The van der Waals surface area contributed by atoms with E-state index in [0.29, 0.717) is 10.9 Å². The molecular weight excluding hydrogens is 215 g/mol. The highest BCUT2D eigenvalue weighted by atomic mass is 19.1. The first-order valence-electron chi connectivity index (χ1n) is 4.50. The molecule has 0 radical (unpaired) electrons. The number of nitrogens with zero attached hydrogens (tertiary/aromatic N) is 1. The maximum Gasteiger partial charge on any atom is 0.329 e. The number of H-pyrrole nitrogens is 1. The van der Waals surface area contributed by atoms with Gasteiger partial charge in [-0.1, -0.05) is 6.07 Å². The first-order valence-corrected chi connectivity index (χ1v) is 4.50. The molecule has 0 aliphatic heterocycles. The Balaban J connectivity index is 2.97. The van der Waals surface area contributed by atoms with Gasteiger partial charge in [0, 0.05) is 0 Å². The number of carbonyl (C=O) groups is 1. The van der Waals surface area contributed by atoms with Gasteiger partial charge in [-0.15, -0.1) is 0 Å². The van der Waals surface area contributed by atoms with Crippen molar-refractivity contribution in [1.82, 2.24) is 9.55 Å². The summed E-state index contributed by atoms with van der Waals surface area (Å²) in [4.78, 5) is 35.7. The summed E-state index contributed by atoms with van der Waals surface area (Å²) >= 11 is 0. The lowest BCUT2D eigenvalue weighted by Crippen LogP contribution is -2.35. The summed E-state index contributed by atoms with van der Waals surface area (Å²) in [6.07, 6.45) is 0.406. The zero-order valence-corrected chi connectivity index (χ0v) is 8.07. The Hall–Kier alpha value is -2.24. The van der Waals surface area contributed by atoms with Crippen molar-refractivity contribution in [3.8, 4) is 0 Å². The average molecular weight is 222 g/mol. The Morgan fingerprint density at radius 1 is 1.38 bits per heavy atom. The molecule has 0 unspecified atom stereocenters. The maximum absolute atomic E-state index is 13.4. The van der Waals surface area contributed by atoms with Crippen molar-refractivity contribution in [3.63, 3.8) is 0 Å². The molecule has 0 aliphatic rings. The molecule has 16 heavy (non-hydrogen) atoms. The molecule has 1 heterocycles. The third-order valence-electron chi connectivity index (χ3n) is 2.22. The van der Waals surface area contributed by atoms with Crippen LogP contribution < -0.4 is 11.2 Å². The first-order chi connectivity index (χ1) is 7.65. The van der Waals surface area contributed by atoms with Crippen LogP contribution in [0.2, 0.25) is 0 Å². The number of carbonyl (C=O) groups excluding carboxylic acids is 1. The lowest BCUT2D eigenvalue weighted by atomic mass is 10.2. The SMILES string of the molecule is O=CCn1c(=O)[nH]c2cccc(F)c2c1=O. The Morgan fingerprint density at radius 2 is 2.12 bits per heavy atom. The van der Waals surface area contributed by atoms with E-state index in [2.05, 4.69) is 4.98 Å². The van der Waals surface area contributed by atoms with Gasteiger partial charge >= 0.3 is 5.69 Å². The van der Waals surface area contributed by atoms with Crippen molar-refractivity contribution in [2.24, 2.45) is 0 Å². The van der Waals surface area contributed by atoms with Gasteiger partial charge in [-0.05, 0) is 12.1 Å². The van der Waals surface area contributed by atoms with Crippen molar-refractivity contribution in [3.05, 3.63) is 44.9 Å². The second-order valence-corrected chi connectivity index (χ2v) is 3.17. The first kappa shape index (κ1) is 10.3. The highest BCUT2D eigenvalue weighted by molar-refractivity contribution is 5.77. The number of halogens is 1. The van der Waals surface area contributed by atoms with Crippen LogP contribution in [-0.4, -0.2) is 15.8 Å². The summed E-state index contributed by atoms with van der Waals surface area (Å²) < 4.78 is 14.0. The van der Waals surface area contributed by atoms with Crippen molar-refractivity contribution in [2.75, 3.05) is 0 Å². The zero-order chi connectivity index (χ0) is 11.7. The minimum atomic E-state index is -0.802. The second-order valence-electron chi connectivity index (χ2n) is 3.17. The summed E-state index contributed by atoms with van der Waals surface area (Å²) in [6, 6.07) is 3.93. The summed E-state index contributed by atoms with van der Waals surface area (Å²) in [5.74, 6) is -0.724. The molecule has 82 valence electrons. The van der Waals surface area contributed by atoms with Crippen LogP contribution in [0.25, 0.3) is 10.9 Å². The molecular formula is C10H7FN2O3. The van der Waals surface area contributed by atoms with Crippen LogP contribution in [0, 0.1) is 5.82 Å². The number of benzene rings is 1. The van der Waals surface area contributed by atoms with Gasteiger partial charge in [0.1, 0.15) is 12.1 Å². The highest BCUT2D eigenvalue weighted by Gasteiger charge is 2.10. The molecule has 0 atom stereocenters. The number of aldehydes is 1. The fourth-order valence-corrected chi connectivity index (χ4v) is 1.50. The number of aromatic amines is 1. The van der Waals surface area contributed by atoms with E-state index in [4.69, 9.17) is 0 Å². The molecule has 2 rings (SSSR count). The second kappa shape index (κ2) is 3.73. The quantitative estimate of drug-likeness (QED) is 0.728. The van der Waals surface area contributed by atoms with E-state index >= 15 is 0 Å². The standard InChI is InChI=1S/C10H7FN2O3/c11-6-2-1-3-7-8(6)9(15)13(4-5-14)10(16)12-7/h1-3,5H,4H2,(H,12,16). The van der Waals surface area contributed by atoms with Crippen LogP contribution in [0.15, 0.2) is 27.8 Å². The van der Waals surface area contributed by atoms with Crippen LogP contribution in [0.5, 0.6) is 0 Å². The van der Waals surface area contributed by atoms with E-state index in [1.54, 1.807) is 0 Å². The van der Waals surface area contributed by atoms with E-state index in [0.717, 1.165) is 6.07 Å². The smallest absolute Gasteiger partial charge is 0.307 e. The number of rotatable bonds is 2. The Labute approximate surface area is 88.1 Å². The molecule has 1 N–H and O–H groups in total. The zero-order valence-electron chi connectivity index (χ0n) is 8.07. The number of aromatic nitrogens is 2. The van der Waals surface area contributed by atoms with Crippen molar-refractivity contribution in [2.45, 2.75) is 6.54 Å². The number of hydrogen-bond acceptors (Lipinski definition) is 3. The van der Waals surface area contributed by atoms with Gasteiger partial charge < -0.3 is 9.78 Å². The number of fused-ring (bicyclic) bond motifs is 1. The third-order valence-corrected chi connectivity index (χ3v) is 2.22. The Kier molecular flexibility index (Phi) is 2.40. The molecule has 1 aromatic heterocycles. The molecule has 6 heteroatoms. The average Bonchev–Trinajstić information content (AvgIpc) is 2.24. The lowest BCUT2D eigenvalue weighted by molar-refractivity contribution is -0.108.